The fourth-order valence-electron chi connectivity index (χ4n) is 3.39. The summed E-state index contributed by atoms with van der Waals surface area (Å²) in [4.78, 5) is 5.38. The van der Waals surface area contributed by atoms with Gasteiger partial charge in [-0.3, -0.25) is 4.90 Å². The van der Waals surface area contributed by atoms with Crippen molar-refractivity contribution in [1.82, 2.24) is 34.8 Å². The summed E-state index contributed by atoms with van der Waals surface area (Å²) in [6.45, 7) is 4.90. The van der Waals surface area contributed by atoms with E-state index in [4.69, 9.17) is 5.26 Å². The monoisotopic (exact) mass is 412 g/mol. The highest BCUT2D eigenvalue weighted by atomic mass is 15.3. The Labute approximate surface area is 181 Å². The molecule has 0 aliphatic carbocycles. The molecule has 2 aromatic heterocycles. The third-order valence-corrected chi connectivity index (χ3v) is 5.17. The van der Waals surface area contributed by atoms with Crippen molar-refractivity contribution in [3.05, 3.63) is 95.1 Å². The second-order valence-electron chi connectivity index (χ2n) is 7.57. The van der Waals surface area contributed by atoms with Gasteiger partial charge in [-0.1, -0.05) is 42.0 Å². The molecular weight excluding hydrogens is 388 g/mol. The van der Waals surface area contributed by atoms with Gasteiger partial charge in [-0.25, -0.2) is 0 Å². The van der Waals surface area contributed by atoms with Crippen molar-refractivity contribution < 1.29 is 0 Å². The Hall–Kier alpha value is -3.83. The minimum atomic E-state index is 0.642. The molecule has 4 rings (SSSR count). The first-order chi connectivity index (χ1) is 15.2. The number of nitrogens with one attached hydrogen (secondary N) is 1. The molecule has 0 aliphatic rings. The van der Waals surface area contributed by atoms with Gasteiger partial charge >= 0.3 is 0 Å². The van der Waals surface area contributed by atoms with Gasteiger partial charge in [0.05, 0.1) is 31.3 Å². The first-order valence-electron chi connectivity index (χ1n) is 10.2. The van der Waals surface area contributed by atoms with Crippen LogP contribution in [0.1, 0.15) is 33.9 Å². The predicted octanol–water partition coefficient (Wildman–Crippen LogP) is 2.87. The summed E-state index contributed by atoms with van der Waals surface area (Å²) in [6, 6.07) is 18.4. The Bertz CT molecular complexity index is 1120. The molecule has 0 aliphatic heterocycles. The number of benzene rings is 2. The second-order valence-corrected chi connectivity index (χ2v) is 7.57. The van der Waals surface area contributed by atoms with Gasteiger partial charge in [-0.15, -0.1) is 20.4 Å². The number of hydrogen-bond acceptors (Lipinski definition) is 6. The fourth-order valence-corrected chi connectivity index (χ4v) is 3.39. The molecular formula is C23H24N8. The molecule has 4 aromatic rings. The van der Waals surface area contributed by atoms with Crippen molar-refractivity contribution in [2.24, 2.45) is 0 Å². The van der Waals surface area contributed by atoms with Gasteiger partial charge in [0.25, 0.3) is 0 Å². The van der Waals surface area contributed by atoms with E-state index < -0.39 is 0 Å². The Morgan fingerprint density at radius 3 is 2.45 bits per heavy atom. The van der Waals surface area contributed by atoms with E-state index in [0.717, 1.165) is 30.2 Å². The molecule has 0 saturated carbocycles. The van der Waals surface area contributed by atoms with Crippen LogP contribution in [0.2, 0.25) is 0 Å². The predicted molar refractivity (Wildman–Crippen MR) is 116 cm³/mol. The van der Waals surface area contributed by atoms with Crippen LogP contribution < -0.4 is 0 Å². The molecule has 0 fully saturated rings. The van der Waals surface area contributed by atoms with Crippen molar-refractivity contribution in [2.45, 2.75) is 33.0 Å². The molecule has 1 N–H and O–H groups in total. The third-order valence-electron chi connectivity index (χ3n) is 5.17. The zero-order valence-electron chi connectivity index (χ0n) is 17.4. The number of aromatic amines is 1. The lowest BCUT2D eigenvalue weighted by molar-refractivity contribution is 0.244. The minimum Gasteiger partial charge on any atom is -0.330 e. The number of aromatic nitrogens is 6. The standard InChI is InChI=1S/C23H24N8/c1-18-2-4-19(5-3-18)10-11-30(14-22-25-16-26-28-22)15-23-29-27-17-31(23)13-21-8-6-20(12-24)7-9-21/h2-9,16-17H,10-11,13-15H2,1H3,(H,25,26,28). The van der Waals surface area contributed by atoms with Crippen molar-refractivity contribution in [1.29, 1.82) is 5.26 Å². The lowest BCUT2D eigenvalue weighted by Crippen LogP contribution is -2.27. The van der Waals surface area contributed by atoms with Crippen LogP contribution in [-0.4, -0.2) is 41.4 Å². The zero-order chi connectivity index (χ0) is 21.5. The van der Waals surface area contributed by atoms with Crippen molar-refractivity contribution in [2.75, 3.05) is 6.54 Å². The van der Waals surface area contributed by atoms with Crippen LogP contribution in [0.15, 0.2) is 61.2 Å². The molecule has 0 atom stereocenters. The lowest BCUT2D eigenvalue weighted by atomic mass is 10.1. The van der Waals surface area contributed by atoms with Crippen LogP contribution in [0.3, 0.4) is 0 Å². The van der Waals surface area contributed by atoms with E-state index in [1.165, 1.54) is 11.1 Å². The maximum Gasteiger partial charge on any atom is 0.147 e. The summed E-state index contributed by atoms with van der Waals surface area (Å²) in [7, 11) is 0. The number of H-pyrrole nitrogens is 1. The fraction of sp³-hybridized carbons (Fsp3) is 0.261. The van der Waals surface area contributed by atoms with E-state index in [2.05, 4.69) is 67.5 Å². The van der Waals surface area contributed by atoms with Crippen LogP contribution >= 0.6 is 0 Å². The summed E-state index contributed by atoms with van der Waals surface area (Å²) in [6.07, 6.45) is 4.28. The number of hydrogen-bond donors (Lipinski definition) is 1. The van der Waals surface area contributed by atoms with Crippen molar-refractivity contribution >= 4 is 0 Å². The summed E-state index contributed by atoms with van der Waals surface area (Å²) in [5.74, 6) is 1.70. The maximum absolute atomic E-state index is 8.99. The normalized spacial score (nSPS) is 11.0. The molecule has 156 valence electrons. The average molecular weight is 413 g/mol. The van der Waals surface area contributed by atoms with Crippen molar-refractivity contribution in [3.8, 4) is 6.07 Å². The molecule has 2 heterocycles. The Kier molecular flexibility index (Phi) is 6.45. The van der Waals surface area contributed by atoms with Crippen LogP contribution in [0.4, 0.5) is 0 Å². The molecule has 0 amide bonds. The van der Waals surface area contributed by atoms with E-state index in [1.54, 1.807) is 12.7 Å². The summed E-state index contributed by atoms with van der Waals surface area (Å²) < 4.78 is 2.04. The van der Waals surface area contributed by atoms with Gasteiger partial charge < -0.3 is 9.55 Å². The first-order valence-corrected chi connectivity index (χ1v) is 10.2. The van der Waals surface area contributed by atoms with E-state index >= 15 is 0 Å². The molecule has 0 unspecified atom stereocenters. The highest BCUT2D eigenvalue weighted by molar-refractivity contribution is 5.31. The molecule has 0 saturated heterocycles. The van der Waals surface area contributed by atoms with Gasteiger partial charge in [0.2, 0.25) is 0 Å². The van der Waals surface area contributed by atoms with E-state index in [9.17, 15) is 0 Å². The molecule has 31 heavy (non-hydrogen) atoms. The largest absolute Gasteiger partial charge is 0.330 e. The van der Waals surface area contributed by atoms with Gasteiger partial charge in [-0.05, 0) is 36.6 Å². The molecule has 0 radical (unpaired) electrons. The van der Waals surface area contributed by atoms with Gasteiger partial charge in [0, 0.05) is 6.54 Å². The van der Waals surface area contributed by atoms with Crippen LogP contribution in [0, 0.1) is 18.3 Å². The van der Waals surface area contributed by atoms with Gasteiger partial charge in [0.15, 0.2) is 0 Å². The Morgan fingerprint density at radius 1 is 0.968 bits per heavy atom. The van der Waals surface area contributed by atoms with Crippen molar-refractivity contribution in [3.63, 3.8) is 0 Å². The second kappa shape index (κ2) is 9.78. The maximum atomic E-state index is 8.99. The summed E-state index contributed by atoms with van der Waals surface area (Å²) >= 11 is 0. The van der Waals surface area contributed by atoms with E-state index in [-0.39, 0.29) is 0 Å². The number of nitriles is 1. The number of nitrogens with zero attached hydrogens (tertiary/aromatic N) is 7. The third kappa shape index (κ3) is 5.62. The molecule has 8 heteroatoms. The van der Waals surface area contributed by atoms with Gasteiger partial charge in [-0.2, -0.15) is 5.26 Å². The van der Waals surface area contributed by atoms with Crippen LogP contribution in [0.5, 0.6) is 0 Å². The topological polar surface area (TPSA) is 99.3 Å². The number of rotatable bonds is 9. The molecule has 0 spiro atoms. The Morgan fingerprint density at radius 2 is 1.74 bits per heavy atom. The summed E-state index contributed by atoms with van der Waals surface area (Å²) in [5, 5.41) is 25.5. The molecule has 2 aromatic carbocycles. The molecule has 8 nitrogen and oxygen atoms in total. The zero-order valence-corrected chi connectivity index (χ0v) is 17.4. The smallest absolute Gasteiger partial charge is 0.147 e. The van der Waals surface area contributed by atoms with Crippen LogP contribution in [0.25, 0.3) is 0 Å². The van der Waals surface area contributed by atoms with Crippen LogP contribution in [-0.2, 0) is 26.1 Å². The highest BCUT2D eigenvalue weighted by Crippen LogP contribution is 2.12. The van der Waals surface area contributed by atoms with Gasteiger partial charge in [0.1, 0.15) is 24.3 Å². The summed E-state index contributed by atoms with van der Waals surface area (Å²) in [5.41, 5.74) is 4.31. The van der Waals surface area contributed by atoms with E-state index in [0.29, 0.717) is 25.2 Å². The average Bonchev–Trinajstić information content (AvgIpc) is 3.46. The minimum absolute atomic E-state index is 0.642. The first kappa shape index (κ1) is 20.4. The van der Waals surface area contributed by atoms with E-state index in [1.807, 2.05) is 28.8 Å². The quantitative estimate of drug-likeness (QED) is 0.454. The number of aryl methyl sites for hydroxylation is 1. The highest BCUT2D eigenvalue weighted by Gasteiger charge is 2.14. The lowest BCUT2D eigenvalue weighted by Gasteiger charge is -2.21. The SMILES string of the molecule is Cc1ccc(CCN(Cc2nnc[nH]2)Cc2nncn2Cc2ccc(C#N)cc2)cc1. The molecule has 0 bridgehead atoms. The Balaban J connectivity index is 1.46.